The van der Waals surface area contributed by atoms with Gasteiger partial charge < -0.3 is 0 Å². The van der Waals surface area contributed by atoms with E-state index in [-0.39, 0.29) is 0 Å². The van der Waals surface area contributed by atoms with Gasteiger partial charge in [-0.05, 0) is 61.6 Å². The van der Waals surface area contributed by atoms with Crippen molar-refractivity contribution in [1.29, 1.82) is 0 Å². The number of allylic oxidation sites excluding steroid dienone is 2. The van der Waals surface area contributed by atoms with Crippen LogP contribution in [0.1, 0.15) is 62.5 Å². The van der Waals surface area contributed by atoms with Gasteiger partial charge in [-0.25, -0.2) is 0 Å². The Morgan fingerprint density at radius 1 is 1.16 bits per heavy atom. The average molecular weight is 252 g/mol. The van der Waals surface area contributed by atoms with Crippen molar-refractivity contribution >= 4 is 0 Å². The van der Waals surface area contributed by atoms with Crippen LogP contribution < -0.4 is 0 Å². The number of terminal acetylenes is 1. The predicted octanol–water partition coefficient (Wildman–Crippen LogP) is 5.30. The molecule has 1 fully saturated rings. The third-order valence-electron chi connectivity index (χ3n) is 4.18. The Morgan fingerprint density at radius 2 is 1.84 bits per heavy atom. The number of hydrogen-bond acceptors (Lipinski definition) is 0. The molecule has 0 aromatic heterocycles. The van der Waals surface area contributed by atoms with Gasteiger partial charge in [-0.15, -0.1) is 6.42 Å². The third kappa shape index (κ3) is 4.00. The van der Waals surface area contributed by atoms with Gasteiger partial charge in [0, 0.05) is 5.56 Å². The SMILES string of the molecule is C#Cc1ccc(C2CCC(C=CCCC)CC2)cc1. The van der Waals surface area contributed by atoms with E-state index in [1.54, 1.807) is 0 Å². The summed E-state index contributed by atoms with van der Waals surface area (Å²) < 4.78 is 0. The van der Waals surface area contributed by atoms with Crippen molar-refractivity contribution in [3.8, 4) is 12.3 Å². The van der Waals surface area contributed by atoms with Gasteiger partial charge in [-0.1, -0.05) is 43.5 Å². The molecule has 0 saturated heterocycles. The minimum absolute atomic E-state index is 0.739. The van der Waals surface area contributed by atoms with Gasteiger partial charge in [0.05, 0.1) is 0 Å². The molecule has 2 rings (SSSR count). The summed E-state index contributed by atoms with van der Waals surface area (Å²) in [4.78, 5) is 0. The van der Waals surface area contributed by atoms with E-state index in [0.29, 0.717) is 0 Å². The first-order chi connectivity index (χ1) is 9.33. The summed E-state index contributed by atoms with van der Waals surface area (Å²) in [7, 11) is 0. The van der Waals surface area contributed by atoms with Crippen molar-refractivity contribution in [3.63, 3.8) is 0 Å². The molecule has 100 valence electrons. The molecule has 19 heavy (non-hydrogen) atoms. The molecule has 1 aromatic carbocycles. The molecule has 0 amide bonds. The molecule has 0 nitrogen and oxygen atoms in total. The predicted molar refractivity (Wildman–Crippen MR) is 83.1 cm³/mol. The van der Waals surface area contributed by atoms with Crippen molar-refractivity contribution in [3.05, 3.63) is 47.5 Å². The lowest BCUT2D eigenvalue weighted by Crippen LogP contribution is -2.11. The monoisotopic (exact) mass is 252 g/mol. The zero-order valence-corrected chi connectivity index (χ0v) is 11.9. The summed E-state index contributed by atoms with van der Waals surface area (Å²) in [5.41, 5.74) is 2.45. The van der Waals surface area contributed by atoms with Crippen LogP contribution >= 0.6 is 0 Å². The van der Waals surface area contributed by atoms with Crippen LogP contribution in [0.3, 0.4) is 0 Å². The molecule has 0 spiro atoms. The second kappa shape index (κ2) is 7.19. The standard InChI is InChI=1S/C19H24/c1-3-5-6-7-17-10-14-19(15-11-17)18-12-8-16(4-2)9-13-18/h2,6-9,12-13,17,19H,3,5,10-11,14-15H2,1H3. The number of benzene rings is 1. The van der Waals surface area contributed by atoms with Gasteiger partial charge in [0.2, 0.25) is 0 Å². The lowest BCUT2D eigenvalue weighted by atomic mass is 9.78. The summed E-state index contributed by atoms with van der Waals surface area (Å²) in [6.07, 6.45) is 18.0. The Hall–Kier alpha value is -1.48. The largest absolute Gasteiger partial charge is 0.115 e. The molecule has 0 atom stereocenters. The maximum absolute atomic E-state index is 5.40. The quantitative estimate of drug-likeness (QED) is 0.504. The molecular weight excluding hydrogens is 228 g/mol. The van der Waals surface area contributed by atoms with E-state index in [2.05, 4.69) is 49.3 Å². The fourth-order valence-electron chi connectivity index (χ4n) is 2.95. The third-order valence-corrected chi connectivity index (χ3v) is 4.18. The van der Waals surface area contributed by atoms with Crippen molar-refractivity contribution < 1.29 is 0 Å². The first kappa shape index (κ1) is 13.9. The number of rotatable bonds is 4. The van der Waals surface area contributed by atoms with E-state index >= 15 is 0 Å². The van der Waals surface area contributed by atoms with Crippen LogP contribution in [0.15, 0.2) is 36.4 Å². The van der Waals surface area contributed by atoms with Crippen molar-refractivity contribution in [2.45, 2.75) is 51.4 Å². The molecular formula is C19H24. The molecule has 0 heterocycles. The van der Waals surface area contributed by atoms with Crippen LogP contribution in [0.4, 0.5) is 0 Å². The van der Waals surface area contributed by atoms with Crippen molar-refractivity contribution in [2.24, 2.45) is 5.92 Å². The molecule has 0 unspecified atom stereocenters. The fraction of sp³-hybridized carbons (Fsp3) is 0.474. The van der Waals surface area contributed by atoms with Gasteiger partial charge in [-0.2, -0.15) is 0 Å². The zero-order chi connectivity index (χ0) is 13.5. The second-order valence-corrected chi connectivity index (χ2v) is 5.59. The smallest absolute Gasteiger partial charge is 0.0242 e. The van der Waals surface area contributed by atoms with Crippen LogP contribution in [0.5, 0.6) is 0 Å². The van der Waals surface area contributed by atoms with Crippen molar-refractivity contribution in [2.75, 3.05) is 0 Å². The maximum Gasteiger partial charge on any atom is 0.0242 e. The molecule has 1 aliphatic rings. The summed E-state index contributed by atoms with van der Waals surface area (Å²) in [6.45, 7) is 2.24. The minimum Gasteiger partial charge on any atom is -0.115 e. The molecule has 0 radical (unpaired) electrons. The topological polar surface area (TPSA) is 0 Å². The van der Waals surface area contributed by atoms with Crippen LogP contribution in [0.2, 0.25) is 0 Å². The maximum atomic E-state index is 5.40. The Balaban J connectivity index is 1.87. The van der Waals surface area contributed by atoms with Gasteiger partial charge in [0.15, 0.2) is 0 Å². The van der Waals surface area contributed by atoms with Gasteiger partial charge in [0.25, 0.3) is 0 Å². The molecule has 1 aliphatic carbocycles. The van der Waals surface area contributed by atoms with Gasteiger partial charge in [0.1, 0.15) is 0 Å². The highest BCUT2D eigenvalue weighted by Gasteiger charge is 2.20. The summed E-state index contributed by atoms with van der Waals surface area (Å²) >= 11 is 0. The van der Waals surface area contributed by atoms with E-state index in [1.807, 2.05) is 0 Å². The van der Waals surface area contributed by atoms with Crippen LogP contribution in [0.25, 0.3) is 0 Å². The lowest BCUT2D eigenvalue weighted by molar-refractivity contribution is 0.375. The van der Waals surface area contributed by atoms with Crippen LogP contribution in [-0.4, -0.2) is 0 Å². The van der Waals surface area contributed by atoms with E-state index in [1.165, 1.54) is 44.1 Å². The van der Waals surface area contributed by atoms with E-state index < -0.39 is 0 Å². The highest BCUT2D eigenvalue weighted by Crippen LogP contribution is 2.36. The van der Waals surface area contributed by atoms with Crippen LogP contribution in [-0.2, 0) is 0 Å². The Labute approximate surface area is 117 Å². The zero-order valence-electron chi connectivity index (χ0n) is 11.9. The average Bonchev–Trinajstić information content (AvgIpc) is 2.48. The van der Waals surface area contributed by atoms with Crippen molar-refractivity contribution in [1.82, 2.24) is 0 Å². The molecule has 0 heteroatoms. The first-order valence-corrected chi connectivity index (χ1v) is 7.56. The minimum atomic E-state index is 0.739. The molecule has 0 aliphatic heterocycles. The van der Waals surface area contributed by atoms with E-state index in [0.717, 1.165) is 17.4 Å². The second-order valence-electron chi connectivity index (χ2n) is 5.59. The van der Waals surface area contributed by atoms with Crippen LogP contribution in [0, 0.1) is 18.3 Å². The molecule has 0 bridgehead atoms. The van der Waals surface area contributed by atoms with Gasteiger partial charge >= 0.3 is 0 Å². The molecule has 1 saturated carbocycles. The number of hydrogen-bond donors (Lipinski definition) is 0. The Kier molecular flexibility index (Phi) is 5.28. The molecule has 1 aromatic rings. The fourth-order valence-corrected chi connectivity index (χ4v) is 2.95. The number of unbranched alkanes of at least 4 members (excludes halogenated alkanes) is 1. The summed E-state index contributed by atoms with van der Waals surface area (Å²) in [5, 5.41) is 0. The van der Waals surface area contributed by atoms with E-state index in [9.17, 15) is 0 Å². The summed E-state index contributed by atoms with van der Waals surface area (Å²) in [6, 6.07) is 8.57. The normalized spacial score (nSPS) is 23.4. The van der Waals surface area contributed by atoms with E-state index in [4.69, 9.17) is 6.42 Å². The lowest BCUT2D eigenvalue weighted by Gasteiger charge is -2.27. The molecule has 0 N–H and O–H groups in total. The first-order valence-electron chi connectivity index (χ1n) is 7.56. The van der Waals surface area contributed by atoms with Gasteiger partial charge in [-0.3, -0.25) is 0 Å². The highest BCUT2D eigenvalue weighted by atomic mass is 14.2. The Bertz CT molecular complexity index is 436. The Morgan fingerprint density at radius 3 is 2.42 bits per heavy atom. The highest BCUT2D eigenvalue weighted by molar-refractivity contribution is 5.35. The summed E-state index contributed by atoms with van der Waals surface area (Å²) in [5.74, 6) is 4.24.